The highest BCUT2D eigenvalue weighted by Crippen LogP contribution is 2.55. The second kappa shape index (κ2) is 8.19. The Morgan fingerprint density at radius 2 is 1.90 bits per heavy atom. The molecule has 2 aliphatic carbocycles. The van der Waals surface area contributed by atoms with Crippen molar-refractivity contribution in [3.8, 4) is 5.75 Å². The molecule has 1 fully saturated rings. The molecule has 4 heteroatoms. The summed E-state index contributed by atoms with van der Waals surface area (Å²) in [5.74, 6) is 0.832. The van der Waals surface area contributed by atoms with Gasteiger partial charge in [0.2, 0.25) is 5.91 Å². The third-order valence-corrected chi connectivity index (χ3v) is 6.91. The molecule has 0 aliphatic heterocycles. The molecule has 0 unspecified atom stereocenters. The maximum absolute atomic E-state index is 11.7. The Kier molecular flexibility index (Phi) is 5.64. The number of hydrogen-bond acceptors (Lipinski definition) is 3. The molecule has 4 nitrogen and oxygen atoms in total. The van der Waals surface area contributed by atoms with Crippen LogP contribution in [0.1, 0.15) is 62.1 Å². The van der Waals surface area contributed by atoms with Crippen LogP contribution in [-0.4, -0.2) is 23.2 Å². The first kappa shape index (κ1) is 20.0. The molecule has 2 aromatic rings. The van der Waals surface area contributed by atoms with Gasteiger partial charge in [0.25, 0.3) is 0 Å². The molecule has 0 heterocycles. The molecule has 0 spiro atoms. The molecule has 2 aliphatic rings. The Bertz CT molecular complexity index is 866. The minimum Gasteiger partial charge on any atom is -0.489 e. The largest absolute Gasteiger partial charge is 0.489 e. The van der Waals surface area contributed by atoms with E-state index in [4.69, 9.17) is 4.74 Å². The van der Waals surface area contributed by atoms with Crippen molar-refractivity contribution < 1.29 is 14.6 Å². The van der Waals surface area contributed by atoms with Crippen molar-refractivity contribution in [1.82, 2.24) is 5.32 Å². The molecule has 4 rings (SSSR count). The second-order valence-electron chi connectivity index (χ2n) is 8.65. The Morgan fingerprint density at radius 1 is 1.10 bits per heavy atom. The van der Waals surface area contributed by atoms with Gasteiger partial charge in [0.1, 0.15) is 12.4 Å². The van der Waals surface area contributed by atoms with Crippen LogP contribution in [0.5, 0.6) is 5.75 Å². The van der Waals surface area contributed by atoms with Crippen LogP contribution in [0.2, 0.25) is 0 Å². The summed E-state index contributed by atoms with van der Waals surface area (Å²) in [4.78, 5) is 11.4. The molecule has 2 aromatic carbocycles. The summed E-state index contributed by atoms with van der Waals surface area (Å²) >= 11 is 0. The number of nitrogens with one attached hydrogen (secondary N) is 1. The topological polar surface area (TPSA) is 58.6 Å². The monoisotopic (exact) mass is 393 g/mol. The van der Waals surface area contributed by atoms with Crippen molar-refractivity contribution >= 4 is 5.91 Å². The van der Waals surface area contributed by atoms with Gasteiger partial charge < -0.3 is 15.2 Å². The fraction of sp³-hybridized carbons (Fsp3) is 0.480. The molecule has 0 radical (unpaired) electrons. The van der Waals surface area contributed by atoms with Crippen molar-refractivity contribution in [1.29, 1.82) is 0 Å². The predicted octanol–water partition coefficient (Wildman–Crippen LogP) is 4.28. The molecule has 0 aromatic heterocycles. The van der Waals surface area contributed by atoms with Crippen LogP contribution in [0.4, 0.5) is 0 Å². The minimum atomic E-state index is -0.700. The lowest BCUT2D eigenvalue weighted by molar-refractivity contribution is -0.119. The number of carbonyl (C=O) groups is 1. The fourth-order valence-electron chi connectivity index (χ4n) is 5.40. The molecular weight excluding hydrogens is 362 g/mol. The van der Waals surface area contributed by atoms with E-state index in [9.17, 15) is 9.90 Å². The zero-order valence-corrected chi connectivity index (χ0v) is 17.2. The van der Waals surface area contributed by atoms with E-state index in [0.717, 1.165) is 56.3 Å². The molecule has 1 amide bonds. The summed E-state index contributed by atoms with van der Waals surface area (Å²) in [5, 5.41) is 14.6. The van der Waals surface area contributed by atoms with E-state index >= 15 is 0 Å². The lowest BCUT2D eigenvalue weighted by Crippen LogP contribution is -2.57. The Labute approximate surface area is 173 Å². The third-order valence-electron chi connectivity index (χ3n) is 6.91. The zero-order valence-electron chi connectivity index (χ0n) is 17.2. The van der Waals surface area contributed by atoms with E-state index in [1.54, 1.807) is 6.92 Å². The normalized spacial score (nSPS) is 25.6. The first-order valence-corrected chi connectivity index (χ1v) is 10.8. The average molecular weight is 394 g/mol. The summed E-state index contributed by atoms with van der Waals surface area (Å²) < 4.78 is 6.11. The van der Waals surface area contributed by atoms with Crippen LogP contribution in [0, 0.1) is 0 Å². The van der Waals surface area contributed by atoms with E-state index < -0.39 is 5.60 Å². The molecule has 0 bridgehead atoms. The van der Waals surface area contributed by atoms with Crippen molar-refractivity contribution in [3.63, 3.8) is 0 Å². The summed E-state index contributed by atoms with van der Waals surface area (Å²) in [7, 11) is 0. The van der Waals surface area contributed by atoms with Crippen LogP contribution >= 0.6 is 0 Å². The Morgan fingerprint density at radius 3 is 2.69 bits per heavy atom. The van der Waals surface area contributed by atoms with Gasteiger partial charge in [-0.05, 0) is 60.9 Å². The standard InChI is InChI=1S/C25H31NO3/c1-19(27)26-16-15-24-12-5-6-13-25(24,28)14-11-21-9-10-22(17-23(21)24)29-18-20-7-3-2-4-8-20/h2-4,7-10,17,28H,5-6,11-16,18H2,1H3,(H,26,27)/t24-,25+/m0/s1. The van der Waals surface area contributed by atoms with Gasteiger partial charge in [-0.2, -0.15) is 0 Å². The van der Waals surface area contributed by atoms with Crippen molar-refractivity contribution in [2.45, 2.75) is 69.5 Å². The lowest BCUT2D eigenvalue weighted by atomic mass is 9.53. The maximum atomic E-state index is 11.7. The molecule has 1 saturated carbocycles. The smallest absolute Gasteiger partial charge is 0.216 e. The van der Waals surface area contributed by atoms with E-state index in [0.29, 0.717) is 13.2 Å². The molecule has 2 atom stereocenters. The lowest BCUT2D eigenvalue weighted by Gasteiger charge is -2.55. The number of rotatable bonds is 6. The number of carbonyl (C=O) groups excluding carboxylic acids is 1. The van der Waals surface area contributed by atoms with Gasteiger partial charge in [-0.1, -0.05) is 49.2 Å². The van der Waals surface area contributed by atoms with Gasteiger partial charge in [-0.15, -0.1) is 0 Å². The molecule has 2 N–H and O–H groups in total. The molecular formula is C25H31NO3. The second-order valence-corrected chi connectivity index (χ2v) is 8.65. The SMILES string of the molecule is CC(=O)NCC[C@]12CCCC[C@@]1(O)CCc1ccc(OCc3ccccc3)cc12. The summed E-state index contributed by atoms with van der Waals surface area (Å²) in [5.41, 5.74) is 2.66. The number of fused-ring (bicyclic) bond motifs is 3. The van der Waals surface area contributed by atoms with Crippen molar-refractivity contribution in [2.75, 3.05) is 6.54 Å². The van der Waals surface area contributed by atoms with Crippen molar-refractivity contribution in [3.05, 3.63) is 65.2 Å². The van der Waals surface area contributed by atoms with E-state index in [1.165, 1.54) is 11.1 Å². The highest BCUT2D eigenvalue weighted by atomic mass is 16.5. The molecule has 154 valence electrons. The molecule has 0 saturated heterocycles. The number of hydrogen-bond donors (Lipinski definition) is 2. The first-order chi connectivity index (χ1) is 14.0. The van der Waals surface area contributed by atoms with Crippen LogP contribution in [-0.2, 0) is 23.2 Å². The van der Waals surface area contributed by atoms with Gasteiger partial charge in [-0.25, -0.2) is 0 Å². The number of aryl methyl sites for hydroxylation is 1. The van der Waals surface area contributed by atoms with E-state index in [1.807, 2.05) is 18.2 Å². The Balaban J connectivity index is 1.64. The first-order valence-electron chi connectivity index (χ1n) is 10.8. The zero-order chi connectivity index (χ0) is 20.3. The van der Waals surface area contributed by atoms with Gasteiger partial charge >= 0.3 is 0 Å². The van der Waals surface area contributed by atoms with Crippen LogP contribution in [0.25, 0.3) is 0 Å². The maximum Gasteiger partial charge on any atom is 0.216 e. The van der Waals surface area contributed by atoms with Gasteiger partial charge in [0.15, 0.2) is 0 Å². The number of amides is 1. The highest BCUT2D eigenvalue weighted by molar-refractivity contribution is 5.72. The van der Waals surface area contributed by atoms with E-state index in [-0.39, 0.29) is 11.3 Å². The highest BCUT2D eigenvalue weighted by Gasteiger charge is 2.54. The van der Waals surface area contributed by atoms with Gasteiger partial charge in [-0.3, -0.25) is 4.79 Å². The molecule has 29 heavy (non-hydrogen) atoms. The van der Waals surface area contributed by atoms with Gasteiger partial charge in [0, 0.05) is 18.9 Å². The van der Waals surface area contributed by atoms with Crippen molar-refractivity contribution in [2.24, 2.45) is 0 Å². The third kappa shape index (κ3) is 3.91. The Hall–Kier alpha value is -2.33. The summed E-state index contributed by atoms with van der Waals surface area (Å²) in [6, 6.07) is 16.5. The van der Waals surface area contributed by atoms with E-state index in [2.05, 4.69) is 35.6 Å². The predicted molar refractivity (Wildman–Crippen MR) is 114 cm³/mol. The average Bonchev–Trinajstić information content (AvgIpc) is 2.73. The number of ether oxygens (including phenoxy) is 1. The van der Waals surface area contributed by atoms with Crippen LogP contribution in [0.3, 0.4) is 0 Å². The number of aliphatic hydroxyl groups is 1. The quantitative estimate of drug-likeness (QED) is 0.770. The van der Waals surface area contributed by atoms with Crippen LogP contribution < -0.4 is 10.1 Å². The summed E-state index contributed by atoms with van der Waals surface area (Å²) in [6.45, 7) is 2.67. The summed E-state index contributed by atoms with van der Waals surface area (Å²) in [6.07, 6.45) is 6.42. The fourth-order valence-corrected chi connectivity index (χ4v) is 5.40. The van der Waals surface area contributed by atoms with Gasteiger partial charge in [0.05, 0.1) is 5.60 Å². The van der Waals surface area contributed by atoms with Crippen LogP contribution in [0.15, 0.2) is 48.5 Å². The number of benzene rings is 2. The minimum absolute atomic E-state index is 0.0169.